The number of nitrogens with zero attached hydrogens (tertiary/aromatic N) is 2. The summed E-state index contributed by atoms with van der Waals surface area (Å²) in [5.41, 5.74) is 3.16. The van der Waals surface area contributed by atoms with Gasteiger partial charge in [0.1, 0.15) is 29.7 Å². The van der Waals surface area contributed by atoms with Crippen molar-refractivity contribution in [3.8, 4) is 17.6 Å². The topological polar surface area (TPSA) is 76.3 Å². The van der Waals surface area contributed by atoms with Gasteiger partial charge < -0.3 is 19.4 Å². The molecule has 0 fully saturated rings. The summed E-state index contributed by atoms with van der Waals surface area (Å²) in [6, 6.07) is 11.2. The summed E-state index contributed by atoms with van der Waals surface area (Å²) in [6.45, 7) is 7.69. The van der Waals surface area contributed by atoms with Gasteiger partial charge in [0.15, 0.2) is 0 Å². The number of carbonyl (C=O) groups excluding carboxylic acids is 1. The highest BCUT2D eigenvalue weighted by Gasteiger charge is 2.12. The second-order valence-electron chi connectivity index (χ2n) is 6.43. The number of nitrogens with one attached hydrogen (secondary N) is 1. The van der Waals surface area contributed by atoms with Crippen LogP contribution in [-0.2, 0) is 11.3 Å². The Kier molecular flexibility index (Phi) is 7.70. The second kappa shape index (κ2) is 10.2. The van der Waals surface area contributed by atoms with E-state index in [9.17, 15) is 10.1 Å². The first kappa shape index (κ1) is 21.1. The van der Waals surface area contributed by atoms with Gasteiger partial charge in [-0.25, -0.2) is 0 Å². The number of ether oxygens (including phenoxy) is 2. The quantitative estimate of drug-likeness (QED) is 0.409. The first-order chi connectivity index (χ1) is 13.5. The number of aryl methyl sites for hydroxylation is 1. The minimum atomic E-state index is -0.402. The Balaban J connectivity index is 1.93. The lowest BCUT2D eigenvalue weighted by Crippen LogP contribution is -2.29. The smallest absolute Gasteiger partial charge is 0.262 e. The van der Waals surface area contributed by atoms with Crippen LogP contribution in [0.5, 0.6) is 11.5 Å². The first-order valence-electron chi connectivity index (χ1n) is 9.33. The van der Waals surface area contributed by atoms with Crippen LogP contribution in [0.2, 0.25) is 0 Å². The summed E-state index contributed by atoms with van der Waals surface area (Å²) >= 11 is 0. The molecule has 1 heterocycles. The molecule has 6 heteroatoms. The lowest BCUT2D eigenvalue weighted by molar-refractivity contribution is -0.117. The number of benzene rings is 1. The van der Waals surface area contributed by atoms with E-state index >= 15 is 0 Å². The number of amides is 1. The molecule has 1 aromatic carbocycles. The lowest BCUT2D eigenvalue weighted by Gasteiger charge is -2.08. The molecule has 0 saturated carbocycles. The van der Waals surface area contributed by atoms with Gasteiger partial charge in [-0.1, -0.05) is 6.92 Å². The van der Waals surface area contributed by atoms with Gasteiger partial charge in [0.2, 0.25) is 0 Å². The minimum absolute atomic E-state index is 0.0844. The summed E-state index contributed by atoms with van der Waals surface area (Å²) < 4.78 is 12.9. The molecule has 6 nitrogen and oxygen atoms in total. The van der Waals surface area contributed by atoms with Crippen LogP contribution in [-0.4, -0.2) is 30.7 Å². The van der Waals surface area contributed by atoms with Crippen LogP contribution in [0.4, 0.5) is 0 Å². The lowest BCUT2D eigenvalue weighted by atomic mass is 10.1. The second-order valence-corrected chi connectivity index (χ2v) is 6.43. The molecule has 0 radical (unpaired) electrons. The average Bonchev–Trinajstić information content (AvgIpc) is 2.97. The van der Waals surface area contributed by atoms with Crippen molar-refractivity contribution in [2.24, 2.45) is 0 Å². The van der Waals surface area contributed by atoms with E-state index in [0.29, 0.717) is 18.9 Å². The van der Waals surface area contributed by atoms with Crippen LogP contribution in [0.15, 0.2) is 35.9 Å². The number of carbonyl (C=O) groups is 1. The summed E-state index contributed by atoms with van der Waals surface area (Å²) in [7, 11) is 1.60. The third-order valence-corrected chi connectivity index (χ3v) is 4.44. The van der Waals surface area contributed by atoms with Crippen LogP contribution in [0.25, 0.3) is 6.08 Å². The van der Waals surface area contributed by atoms with E-state index in [2.05, 4.69) is 16.8 Å². The van der Waals surface area contributed by atoms with Gasteiger partial charge in [-0.05, 0) is 62.2 Å². The number of rotatable bonds is 9. The number of hydrogen-bond donors (Lipinski definition) is 1. The van der Waals surface area contributed by atoms with Gasteiger partial charge in [0.05, 0.1) is 13.7 Å². The molecule has 1 amide bonds. The van der Waals surface area contributed by atoms with Crippen molar-refractivity contribution < 1.29 is 14.3 Å². The fraction of sp³-hybridized carbons (Fsp3) is 0.364. The van der Waals surface area contributed by atoms with Gasteiger partial charge in [0.25, 0.3) is 5.91 Å². The van der Waals surface area contributed by atoms with E-state index < -0.39 is 5.91 Å². The predicted molar refractivity (Wildman–Crippen MR) is 109 cm³/mol. The van der Waals surface area contributed by atoms with Gasteiger partial charge in [-0.15, -0.1) is 0 Å². The zero-order chi connectivity index (χ0) is 20.5. The summed E-state index contributed by atoms with van der Waals surface area (Å²) in [5, 5.41) is 12.1. The molecular formula is C22H27N3O3. The van der Waals surface area contributed by atoms with Crippen LogP contribution >= 0.6 is 0 Å². The van der Waals surface area contributed by atoms with Crippen molar-refractivity contribution >= 4 is 12.0 Å². The van der Waals surface area contributed by atoms with E-state index in [1.165, 1.54) is 0 Å². The largest absolute Gasteiger partial charge is 0.497 e. The first-order valence-corrected chi connectivity index (χ1v) is 9.33. The van der Waals surface area contributed by atoms with Gasteiger partial charge in [-0.3, -0.25) is 4.79 Å². The number of nitriles is 1. The SMILES string of the molecule is CCCn1c(C)cc(C=C(C#N)C(=O)NCCOc2ccc(OC)cc2)c1C. The van der Waals surface area contributed by atoms with Crippen molar-refractivity contribution in [2.75, 3.05) is 20.3 Å². The van der Waals surface area contributed by atoms with Crippen molar-refractivity contribution in [3.63, 3.8) is 0 Å². The zero-order valence-electron chi connectivity index (χ0n) is 16.9. The Hall–Kier alpha value is -3.20. The molecule has 1 N–H and O–H groups in total. The van der Waals surface area contributed by atoms with E-state index in [1.54, 1.807) is 37.5 Å². The molecule has 0 spiro atoms. The van der Waals surface area contributed by atoms with Crippen molar-refractivity contribution in [2.45, 2.75) is 33.7 Å². The molecule has 1 aromatic heterocycles. The molecule has 28 heavy (non-hydrogen) atoms. The number of hydrogen-bond acceptors (Lipinski definition) is 4. The molecule has 0 aliphatic heterocycles. The molecule has 0 saturated heterocycles. The molecule has 148 valence electrons. The summed E-state index contributed by atoms with van der Waals surface area (Å²) in [6.07, 6.45) is 2.67. The van der Waals surface area contributed by atoms with Crippen LogP contribution in [0.1, 0.15) is 30.3 Å². The maximum atomic E-state index is 12.3. The number of aromatic nitrogens is 1. The van der Waals surface area contributed by atoms with Gasteiger partial charge in [0, 0.05) is 17.9 Å². The Morgan fingerprint density at radius 3 is 2.54 bits per heavy atom. The number of methoxy groups -OCH3 is 1. The predicted octanol–water partition coefficient (Wildman–Crippen LogP) is 3.63. The molecule has 0 atom stereocenters. The summed E-state index contributed by atoms with van der Waals surface area (Å²) in [5.74, 6) is 1.04. The highest BCUT2D eigenvalue weighted by Crippen LogP contribution is 2.19. The maximum Gasteiger partial charge on any atom is 0.262 e. The molecular weight excluding hydrogens is 354 g/mol. The van der Waals surface area contributed by atoms with Crippen LogP contribution in [0.3, 0.4) is 0 Å². The Labute approximate surface area is 166 Å². The normalized spacial score (nSPS) is 11.0. The molecule has 0 aliphatic rings. The van der Waals surface area contributed by atoms with Crippen molar-refractivity contribution in [1.29, 1.82) is 5.26 Å². The highest BCUT2D eigenvalue weighted by molar-refractivity contribution is 6.01. The van der Waals surface area contributed by atoms with E-state index in [4.69, 9.17) is 9.47 Å². The molecule has 2 aromatic rings. The van der Waals surface area contributed by atoms with Crippen LogP contribution < -0.4 is 14.8 Å². The molecule has 0 aliphatic carbocycles. The maximum absolute atomic E-state index is 12.3. The third kappa shape index (κ3) is 5.40. The fourth-order valence-corrected chi connectivity index (χ4v) is 2.95. The molecule has 0 bridgehead atoms. The Morgan fingerprint density at radius 2 is 1.93 bits per heavy atom. The molecule has 0 unspecified atom stereocenters. The van der Waals surface area contributed by atoms with Gasteiger partial charge >= 0.3 is 0 Å². The standard InChI is InChI=1S/C22H27N3O3/c1-5-11-25-16(2)13-18(17(25)3)14-19(15-23)22(26)24-10-12-28-21-8-6-20(27-4)7-9-21/h6-9,13-14H,5,10-12H2,1-4H3,(H,24,26). The van der Waals surface area contributed by atoms with E-state index in [0.717, 1.165) is 35.7 Å². The average molecular weight is 381 g/mol. The summed E-state index contributed by atoms with van der Waals surface area (Å²) in [4.78, 5) is 12.3. The van der Waals surface area contributed by atoms with Crippen molar-refractivity contribution in [1.82, 2.24) is 9.88 Å². The van der Waals surface area contributed by atoms with Gasteiger partial charge in [-0.2, -0.15) is 5.26 Å². The fourth-order valence-electron chi connectivity index (χ4n) is 2.95. The Morgan fingerprint density at radius 1 is 1.25 bits per heavy atom. The van der Waals surface area contributed by atoms with Crippen LogP contribution in [0, 0.1) is 25.2 Å². The zero-order valence-corrected chi connectivity index (χ0v) is 16.9. The van der Waals surface area contributed by atoms with Crippen molar-refractivity contribution in [3.05, 3.63) is 52.9 Å². The van der Waals surface area contributed by atoms with E-state index in [-0.39, 0.29) is 5.57 Å². The monoisotopic (exact) mass is 381 g/mol. The Bertz CT molecular complexity index is 874. The minimum Gasteiger partial charge on any atom is -0.497 e. The van der Waals surface area contributed by atoms with E-state index in [1.807, 2.05) is 26.0 Å². The highest BCUT2D eigenvalue weighted by atomic mass is 16.5. The third-order valence-electron chi connectivity index (χ3n) is 4.44. The molecule has 2 rings (SSSR count).